The van der Waals surface area contributed by atoms with Crippen molar-refractivity contribution in [2.75, 3.05) is 5.32 Å². The third kappa shape index (κ3) is 3.19. The lowest BCUT2D eigenvalue weighted by molar-refractivity contribution is 0.108. The number of aromatic nitrogens is 2. The van der Waals surface area contributed by atoms with Gasteiger partial charge >= 0.3 is 0 Å². The minimum Gasteiger partial charge on any atom is -0.339 e. The van der Waals surface area contributed by atoms with Gasteiger partial charge in [-0.25, -0.2) is 4.98 Å². The van der Waals surface area contributed by atoms with Gasteiger partial charge in [0, 0.05) is 11.3 Å². The van der Waals surface area contributed by atoms with E-state index in [0.29, 0.717) is 17.1 Å². The number of hydrogen-bond donors (Lipinski definition) is 1. The highest BCUT2D eigenvalue weighted by Gasteiger charge is 2.07. The SMILES string of the molecule is N#Cc1cnc(Cl)nc1Nc1ccc(C(=O)Cl)cc1. The van der Waals surface area contributed by atoms with Crippen LogP contribution in [0.15, 0.2) is 30.5 Å². The first-order valence-corrected chi connectivity index (χ1v) is 5.85. The van der Waals surface area contributed by atoms with Gasteiger partial charge in [-0.1, -0.05) is 0 Å². The molecular weight excluding hydrogens is 287 g/mol. The van der Waals surface area contributed by atoms with Crippen LogP contribution in [0.25, 0.3) is 0 Å². The van der Waals surface area contributed by atoms with Crippen molar-refractivity contribution in [3.8, 4) is 6.07 Å². The summed E-state index contributed by atoms with van der Waals surface area (Å²) in [5.74, 6) is 0.299. The van der Waals surface area contributed by atoms with Crippen molar-refractivity contribution in [2.45, 2.75) is 0 Å². The first-order chi connectivity index (χ1) is 9.10. The first kappa shape index (κ1) is 13.3. The zero-order valence-electron chi connectivity index (χ0n) is 9.39. The Morgan fingerprint density at radius 2 is 2.00 bits per heavy atom. The van der Waals surface area contributed by atoms with Gasteiger partial charge in [0.25, 0.3) is 5.24 Å². The number of nitrogens with zero attached hydrogens (tertiary/aromatic N) is 3. The van der Waals surface area contributed by atoms with Crippen molar-refractivity contribution in [3.63, 3.8) is 0 Å². The summed E-state index contributed by atoms with van der Waals surface area (Å²) in [7, 11) is 0. The molecule has 0 bridgehead atoms. The van der Waals surface area contributed by atoms with Crippen LogP contribution in [-0.4, -0.2) is 15.2 Å². The highest BCUT2D eigenvalue weighted by molar-refractivity contribution is 6.67. The molecule has 7 heteroatoms. The van der Waals surface area contributed by atoms with Crippen molar-refractivity contribution in [3.05, 3.63) is 46.9 Å². The summed E-state index contributed by atoms with van der Waals surface area (Å²) < 4.78 is 0. The van der Waals surface area contributed by atoms with Crippen molar-refractivity contribution in [2.24, 2.45) is 0 Å². The second-order valence-electron chi connectivity index (χ2n) is 3.49. The molecule has 1 aromatic heterocycles. The Morgan fingerprint density at radius 1 is 1.32 bits per heavy atom. The number of anilines is 2. The highest BCUT2D eigenvalue weighted by atomic mass is 35.5. The van der Waals surface area contributed by atoms with Crippen LogP contribution >= 0.6 is 23.2 Å². The van der Waals surface area contributed by atoms with E-state index in [9.17, 15) is 4.79 Å². The lowest BCUT2D eigenvalue weighted by Crippen LogP contribution is -1.99. The van der Waals surface area contributed by atoms with Crippen LogP contribution < -0.4 is 5.32 Å². The maximum absolute atomic E-state index is 10.9. The summed E-state index contributed by atoms with van der Waals surface area (Å²) in [6, 6.07) is 8.37. The zero-order chi connectivity index (χ0) is 13.8. The fraction of sp³-hybridized carbons (Fsp3) is 0. The molecule has 94 valence electrons. The number of hydrogen-bond acceptors (Lipinski definition) is 5. The fourth-order valence-corrected chi connectivity index (χ4v) is 1.62. The molecule has 0 amide bonds. The average molecular weight is 293 g/mol. The van der Waals surface area contributed by atoms with Gasteiger partial charge in [-0.3, -0.25) is 4.79 Å². The van der Waals surface area contributed by atoms with E-state index in [-0.39, 0.29) is 10.8 Å². The van der Waals surface area contributed by atoms with Gasteiger partial charge in [-0.05, 0) is 47.5 Å². The second-order valence-corrected chi connectivity index (χ2v) is 4.17. The molecule has 0 spiro atoms. The molecule has 19 heavy (non-hydrogen) atoms. The van der Waals surface area contributed by atoms with Crippen LogP contribution in [0.1, 0.15) is 15.9 Å². The monoisotopic (exact) mass is 292 g/mol. The number of nitriles is 1. The molecule has 0 atom stereocenters. The normalized spacial score (nSPS) is 9.74. The zero-order valence-corrected chi connectivity index (χ0v) is 10.9. The summed E-state index contributed by atoms with van der Waals surface area (Å²) in [6.45, 7) is 0. The molecule has 2 rings (SSSR count). The largest absolute Gasteiger partial charge is 0.339 e. The van der Waals surface area contributed by atoms with Gasteiger partial charge in [0.1, 0.15) is 11.6 Å². The second kappa shape index (κ2) is 5.65. The molecule has 1 heterocycles. The third-order valence-corrected chi connectivity index (χ3v) is 2.65. The van der Waals surface area contributed by atoms with Crippen LogP contribution in [0.2, 0.25) is 5.28 Å². The molecule has 0 aliphatic carbocycles. The number of halogens is 2. The maximum atomic E-state index is 10.9. The summed E-state index contributed by atoms with van der Waals surface area (Å²) >= 11 is 11.0. The van der Waals surface area contributed by atoms with E-state index in [1.165, 1.54) is 6.20 Å². The predicted octanol–water partition coefficient (Wildman–Crippen LogP) is 3.12. The molecule has 2 aromatic rings. The van der Waals surface area contributed by atoms with Crippen molar-refractivity contribution >= 4 is 39.9 Å². The molecular formula is C12H6Cl2N4O. The van der Waals surface area contributed by atoms with E-state index in [2.05, 4.69) is 15.3 Å². The summed E-state index contributed by atoms with van der Waals surface area (Å²) in [6.07, 6.45) is 1.33. The highest BCUT2D eigenvalue weighted by Crippen LogP contribution is 2.20. The molecule has 0 fully saturated rings. The van der Waals surface area contributed by atoms with Crippen molar-refractivity contribution < 1.29 is 4.79 Å². The standard InChI is InChI=1S/C12H6Cl2N4O/c13-10(19)7-1-3-9(4-2-7)17-11-8(5-15)6-16-12(14)18-11/h1-4,6H,(H,16,17,18). The van der Waals surface area contributed by atoms with Crippen LogP contribution in [0.4, 0.5) is 11.5 Å². The Balaban J connectivity index is 2.28. The smallest absolute Gasteiger partial charge is 0.252 e. The van der Waals surface area contributed by atoms with E-state index in [1.807, 2.05) is 6.07 Å². The molecule has 0 saturated heterocycles. The minimum atomic E-state index is -0.533. The molecule has 0 saturated carbocycles. The molecule has 0 unspecified atom stereocenters. The summed E-state index contributed by atoms with van der Waals surface area (Å²) in [5, 5.41) is 11.4. The predicted molar refractivity (Wildman–Crippen MR) is 71.7 cm³/mol. The Bertz CT molecular complexity index is 664. The maximum Gasteiger partial charge on any atom is 0.252 e. The number of nitrogens with one attached hydrogen (secondary N) is 1. The van der Waals surface area contributed by atoms with E-state index >= 15 is 0 Å². The van der Waals surface area contributed by atoms with Gasteiger partial charge in [-0.2, -0.15) is 10.2 Å². The van der Waals surface area contributed by atoms with Crippen molar-refractivity contribution in [1.82, 2.24) is 9.97 Å². The average Bonchev–Trinajstić information content (AvgIpc) is 2.39. The number of rotatable bonds is 3. The lowest BCUT2D eigenvalue weighted by Gasteiger charge is -2.07. The molecule has 5 nitrogen and oxygen atoms in total. The molecule has 0 aliphatic rings. The first-order valence-electron chi connectivity index (χ1n) is 5.09. The number of carbonyl (C=O) groups excluding carboxylic acids is 1. The van der Waals surface area contributed by atoms with Crippen LogP contribution in [-0.2, 0) is 0 Å². The number of benzene rings is 1. The van der Waals surface area contributed by atoms with Gasteiger partial charge in [0.15, 0.2) is 5.82 Å². The fourth-order valence-electron chi connectivity index (χ4n) is 1.36. The summed E-state index contributed by atoms with van der Waals surface area (Å²) in [5.41, 5.74) is 1.29. The Kier molecular flexibility index (Phi) is 3.95. The quantitative estimate of drug-likeness (QED) is 0.694. The van der Waals surface area contributed by atoms with E-state index in [0.717, 1.165) is 0 Å². The minimum absolute atomic E-state index is 0.0362. The topological polar surface area (TPSA) is 78.7 Å². The summed E-state index contributed by atoms with van der Waals surface area (Å²) in [4.78, 5) is 18.6. The van der Waals surface area contributed by atoms with Gasteiger partial charge in [-0.15, -0.1) is 0 Å². The lowest BCUT2D eigenvalue weighted by atomic mass is 10.2. The Hall–Kier alpha value is -2.16. The molecule has 1 N–H and O–H groups in total. The van der Waals surface area contributed by atoms with Crippen molar-refractivity contribution in [1.29, 1.82) is 5.26 Å². The van der Waals surface area contributed by atoms with Gasteiger partial charge in [0.05, 0.1) is 6.20 Å². The molecule has 0 radical (unpaired) electrons. The van der Waals surface area contributed by atoms with Crippen LogP contribution in [0.5, 0.6) is 0 Å². The Morgan fingerprint density at radius 3 is 2.58 bits per heavy atom. The van der Waals surface area contributed by atoms with Gasteiger partial charge < -0.3 is 5.32 Å². The third-order valence-electron chi connectivity index (χ3n) is 2.25. The molecule has 1 aromatic carbocycles. The van der Waals surface area contributed by atoms with E-state index in [1.54, 1.807) is 24.3 Å². The number of carbonyl (C=O) groups is 1. The Labute approximate surface area is 118 Å². The van der Waals surface area contributed by atoms with Crippen LogP contribution in [0.3, 0.4) is 0 Å². The molecule has 0 aliphatic heterocycles. The van der Waals surface area contributed by atoms with E-state index < -0.39 is 5.24 Å². The van der Waals surface area contributed by atoms with E-state index in [4.69, 9.17) is 28.5 Å². The van der Waals surface area contributed by atoms with Gasteiger partial charge in [0.2, 0.25) is 5.28 Å². The van der Waals surface area contributed by atoms with Crippen LogP contribution in [0, 0.1) is 11.3 Å².